The molecular formula is C10H12BrFO2. The Hall–Kier alpha value is -0.610. The molecule has 4 heteroatoms. The van der Waals surface area contributed by atoms with E-state index in [0.29, 0.717) is 12.4 Å². The zero-order chi connectivity index (χ0) is 10.6. The van der Waals surface area contributed by atoms with Crippen LogP contribution in [0.3, 0.4) is 0 Å². The monoisotopic (exact) mass is 262 g/mol. The van der Waals surface area contributed by atoms with Crippen molar-refractivity contribution >= 4 is 15.9 Å². The summed E-state index contributed by atoms with van der Waals surface area (Å²) in [5.41, 5.74) is 0. The number of ether oxygens (including phenoxy) is 2. The Balaban J connectivity index is 2.70. The van der Waals surface area contributed by atoms with Gasteiger partial charge in [-0.1, -0.05) is 0 Å². The van der Waals surface area contributed by atoms with Gasteiger partial charge in [0.25, 0.3) is 0 Å². The Morgan fingerprint density at radius 1 is 1.50 bits per heavy atom. The zero-order valence-corrected chi connectivity index (χ0v) is 9.67. The van der Waals surface area contributed by atoms with Gasteiger partial charge < -0.3 is 9.47 Å². The standard InChI is InChI=1S/C10H12BrFO2/c1-7(6-13-2)14-10-5-8(12)3-4-9(10)11/h3-5,7H,6H2,1-2H3. The van der Waals surface area contributed by atoms with Crippen molar-refractivity contribution in [1.29, 1.82) is 0 Å². The molecule has 1 aromatic rings. The Morgan fingerprint density at radius 3 is 2.86 bits per heavy atom. The molecule has 0 aliphatic rings. The second kappa shape index (κ2) is 5.32. The molecule has 0 aliphatic heterocycles. The van der Waals surface area contributed by atoms with Gasteiger partial charge in [0, 0.05) is 13.2 Å². The third-order valence-electron chi connectivity index (χ3n) is 1.62. The molecule has 0 aromatic heterocycles. The molecule has 0 spiro atoms. The molecule has 0 bridgehead atoms. The first-order chi connectivity index (χ1) is 6.63. The van der Waals surface area contributed by atoms with Crippen molar-refractivity contribution in [3.05, 3.63) is 28.5 Å². The lowest BCUT2D eigenvalue weighted by molar-refractivity contribution is 0.0913. The Labute approximate surface area is 91.2 Å². The van der Waals surface area contributed by atoms with Gasteiger partial charge in [-0.2, -0.15) is 0 Å². The van der Waals surface area contributed by atoms with E-state index in [0.717, 1.165) is 4.47 Å². The average molecular weight is 263 g/mol. The van der Waals surface area contributed by atoms with Crippen molar-refractivity contribution in [2.45, 2.75) is 13.0 Å². The maximum absolute atomic E-state index is 12.9. The van der Waals surface area contributed by atoms with E-state index in [-0.39, 0.29) is 11.9 Å². The maximum atomic E-state index is 12.9. The van der Waals surface area contributed by atoms with E-state index in [1.165, 1.54) is 12.1 Å². The van der Waals surface area contributed by atoms with Crippen molar-refractivity contribution in [2.75, 3.05) is 13.7 Å². The minimum absolute atomic E-state index is 0.0990. The fourth-order valence-corrected chi connectivity index (χ4v) is 1.39. The van der Waals surface area contributed by atoms with Gasteiger partial charge in [0.1, 0.15) is 17.7 Å². The molecule has 0 heterocycles. The van der Waals surface area contributed by atoms with E-state index in [1.54, 1.807) is 13.2 Å². The number of methoxy groups -OCH3 is 1. The fourth-order valence-electron chi connectivity index (χ4n) is 1.05. The summed E-state index contributed by atoms with van der Waals surface area (Å²) in [5, 5.41) is 0. The van der Waals surface area contributed by atoms with Gasteiger partial charge >= 0.3 is 0 Å². The first kappa shape index (κ1) is 11.5. The van der Waals surface area contributed by atoms with E-state index in [2.05, 4.69) is 15.9 Å². The van der Waals surface area contributed by atoms with Crippen molar-refractivity contribution in [3.8, 4) is 5.75 Å². The molecule has 1 unspecified atom stereocenters. The van der Waals surface area contributed by atoms with Crippen LogP contribution in [0.5, 0.6) is 5.75 Å². The molecule has 1 atom stereocenters. The van der Waals surface area contributed by atoms with Crippen molar-refractivity contribution in [2.24, 2.45) is 0 Å². The van der Waals surface area contributed by atoms with Crippen molar-refractivity contribution in [3.63, 3.8) is 0 Å². The lowest BCUT2D eigenvalue weighted by atomic mass is 10.3. The largest absolute Gasteiger partial charge is 0.487 e. The normalized spacial score (nSPS) is 12.6. The molecule has 0 N–H and O–H groups in total. The first-order valence-electron chi connectivity index (χ1n) is 4.24. The molecule has 0 saturated heterocycles. The minimum atomic E-state index is -0.312. The number of benzene rings is 1. The Morgan fingerprint density at radius 2 is 2.21 bits per heavy atom. The van der Waals surface area contributed by atoms with Crippen LogP contribution in [-0.2, 0) is 4.74 Å². The van der Waals surface area contributed by atoms with Crippen LogP contribution in [0.15, 0.2) is 22.7 Å². The summed E-state index contributed by atoms with van der Waals surface area (Å²) in [6, 6.07) is 4.33. The zero-order valence-electron chi connectivity index (χ0n) is 8.09. The van der Waals surface area contributed by atoms with Crippen LogP contribution in [0, 0.1) is 5.82 Å². The topological polar surface area (TPSA) is 18.5 Å². The van der Waals surface area contributed by atoms with Crippen LogP contribution in [0.25, 0.3) is 0 Å². The van der Waals surface area contributed by atoms with Crippen molar-refractivity contribution in [1.82, 2.24) is 0 Å². The molecule has 78 valence electrons. The summed E-state index contributed by atoms with van der Waals surface area (Å²) < 4.78 is 24.0. The van der Waals surface area contributed by atoms with Gasteiger partial charge in [0.2, 0.25) is 0 Å². The third kappa shape index (κ3) is 3.27. The van der Waals surface area contributed by atoms with Crippen LogP contribution in [-0.4, -0.2) is 19.8 Å². The highest BCUT2D eigenvalue weighted by Crippen LogP contribution is 2.26. The molecule has 0 saturated carbocycles. The van der Waals surface area contributed by atoms with Gasteiger partial charge in [-0.15, -0.1) is 0 Å². The summed E-state index contributed by atoms with van der Waals surface area (Å²) in [6.45, 7) is 2.34. The molecule has 0 fully saturated rings. The van der Waals surface area contributed by atoms with Crippen LogP contribution in [0.4, 0.5) is 4.39 Å². The highest BCUT2D eigenvalue weighted by molar-refractivity contribution is 9.10. The van der Waals surface area contributed by atoms with Gasteiger partial charge in [0.05, 0.1) is 11.1 Å². The average Bonchev–Trinajstić information content (AvgIpc) is 2.12. The van der Waals surface area contributed by atoms with Gasteiger partial charge in [-0.25, -0.2) is 4.39 Å². The summed E-state index contributed by atoms with van der Waals surface area (Å²) in [4.78, 5) is 0. The van der Waals surface area contributed by atoms with E-state index in [1.807, 2.05) is 6.92 Å². The second-order valence-corrected chi connectivity index (χ2v) is 3.81. The lowest BCUT2D eigenvalue weighted by Crippen LogP contribution is -2.18. The maximum Gasteiger partial charge on any atom is 0.136 e. The molecule has 0 amide bonds. The lowest BCUT2D eigenvalue weighted by Gasteiger charge is -2.14. The Kier molecular flexibility index (Phi) is 4.35. The number of hydrogen-bond donors (Lipinski definition) is 0. The van der Waals surface area contributed by atoms with Crippen LogP contribution in [0.1, 0.15) is 6.92 Å². The summed E-state index contributed by atoms with van der Waals surface area (Å²) in [5.74, 6) is 0.183. The highest BCUT2D eigenvalue weighted by Gasteiger charge is 2.07. The second-order valence-electron chi connectivity index (χ2n) is 2.96. The number of rotatable bonds is 4. The van der Waals surface area contributed by atoms with Crippen LogP contribution >= 0.6 is 15.9 Å². The molecule has 0 radical (unpaired) electrons. The van der Waals surface area contributed by atoms with Gasteiger partial charge in [0.15, 0.2) is 0 Å². The predicted molar refractivity (Wildman–Crippen MR) is 56.1 cm³/mol. The molecular weight excluding hydrogens is 251 g/mol. The Bertz CT molecular complexity index is 304. The molecule has 0 aliphatic carbocycles. The molecule has 1 rings (SSSR count). The summed E-state index contributed by atoms with van der Waals surface area (Å²) >= 11 is 3.28. The summed E-state index contributed by atoms with van der Waals surface area (Å²) in [7, 11) is 1.60. The van der Waals surface area contributed by atoms with Crippen LogP contribution < -0.4 is 4.74 Å². The third-order valence-corrected chi connectivity index (χ3v) is 2.28. The van der Waals surface area contributed by atoms with E-state index in [4.69, 9.17) is 9.47 Å². The van der Waals surface area contributed by atoms with Gasteiger partial charge in [-0.3, -0.25) is 0 Å². The number of hydrogen-bond acceptors (Lipinski definition) is 2. The summed E-state index contributed by atoms with van der Waals surface area (Å²) in [6.07, 6.45) is -0.0990. The number of halogens is 2. The minimum Gasteiger partial charge on any atom is -0.487 e. The van der Waals surface area contributed by atoms with Crippen molar-refractivity contribution < 1.29 is 13.9 Å². The quantitative estimate of drug-likeness (QED) is 0.831. The van der Waals surface area contributed by atoms with E-state index >= 15 is 0 Å². The predicted octanol–water partition coefficient (Wildman–Crippen LogP) is 3.00. The SMILES string of the molecule is COCC(C)Oc1cc(F)ccc1Br. The van der Waals surface area contributed by atoms with Crippen LogP contribution in [0.2, 0.25) is 0 Å². The van der Waals surface area contributed by atoms with E-state index < -0.39 is 0 Å². The fraction of sp³-hybridized carbons (Fsp3) is 0.400. The molecule has 14 heavy (non-hydrogen) atoms. The molecule has 1 aromatic carbocycles. The highest BCUT2D eigenvalue weighted by atomic mass is 79.9. The van der Waals surface area contributed by atoms with E-state index in [9.17, 15) is 4.39 Å². The smallest absolute Gasteiger partial charge is 0.136 e. The van der Waals surface area contributed by atoms with Gasteiger partial charge in [-0.05, 0) is 35.0 Å². The molecule has 2 nitrogen and oxygen atoms in total. The first-order valence-corrected chi connectivity index (χ1v) is 5.03.